The number of thiazole rings is 1. The summed E-state index contributed by atoms with van der Waals surface area (Å²) in [6, 6.07) is 21.1. The first kappa shape index (κ1) is 13.1. The summed E-state index contributed by atoms with van der Waals surface area (Å²) in [5.41, 5.74) is 3.79. The molecule has 2 aromatic carbocycles. The Hall–Kier alpha value is -1.93. The van der Waals surface area contributed by atoms with Crippen molar-refractivity contribution in [2.45, 2.75) is 19.8 Å². The number of hydrogen-bond donors (Lipinski definition) is 0. The minimum Gasteiger partial charge on any atom is -0.245 e. The maximum Gasteiger partial charge on any atom is 0.0932 e. The van der Waals surface area contributed by atoms with Gasteiger partial charge in [-0.15, -0.1) is 11.3 Å². The van der Waals surface area contributed by atoms with Crippen LogP contribution in [0.4, 0.5) is 0 Å². The molecule has 0 fully saturated rings. The first-order chi connectivity index (χ1) is 9.86. The van der Waals surface area contributed by atoms with Gasteiger partial charge < -0.3 is 0 Å². The summed E-state index contributed by atoms with van der Waals surface area (Å²) in [7, 11) is 0. The minimum atomic E-state index is 0.904. The lowest BCUT2D eigenvalue weighted by molar-refractivity contribution is 1.03. The van der Waals surface area contributed by atoms with E-state index in [-0.39, 0.29) is 0 Å². The molecular formula is C18H17NS. The Labute approximate surface area is 124 Å². The molecule has 0 aliphatic carbocycles. The van der Waals surface area contributed by atoms with Crippen LogP contribution in [0.5, 0.6) is 0 Å². The largest absolute Gasteiger partial charge is 0.245 e. The van der Waals surface area contributed by atoms with Crippen LogP contribution < -0.4 is 0 Å². The van der Waals surface area contributed by atoms with Gasteiger partial charge in [0.15, 0.2) is 0 Å². The summed E-state index contributed by atoms with van der Waals surface area (Å²) in [6.45, 7) is 2.17. The van der Waals surface area contributed by atoms with Crippen molar-refractivity contribution in [3.05, 3.63) is 76.9 Å². The third-order valence-corrected chi connectivity index (χ3v) is 4.59. The van der Waals surface area contributed by atoms with Gasteiger partial charge in [-0.2, -0.15) is 0 Å². The topological polar surface area (TPSA) is 12.9 Å². The normalized spacial score (nSPS) is 10.7. The number of benzene rings is 2. The van der Waals surface area contributed by atoms with E-state index in [9.17, 15) is 0 Å². The molecule has 3 rings (SSSR count). The predicted octanol–water partition coefficient (Wildman–Crippen LogP) is 4.96. The first-order valence-corrected chi connectivity index (χ1v) is 7.76. The zero-order valence-corrected chi connectivity index (χ0v) is 12.4. The van der Waals surface area contributed by atoms with E-state index in [0.29, 0.717) is 0 Å². The standard InChI is InChI=1S/C18H17NS/c1-2-17-19-16(13-14-9-5-3-6-10-14)18(20-17)15-11-7-4-8-12-15/h3-12H,2,13H2,1H3. The Kier molecular flexibility index (Phi) is 3.93. The van der Waals surface area contributed by atoms with Gasteiger partial charge in [0, 0.05) is 6.42 Å². The number of hydrogen-bond acceptors (Lipinski definition) is 2. The van der Waals surface area contributed by atoms with Gasteiger partial charge in [-0.05, 0) is 17.5 Å². The lowest BCUT2D eigenvalue weighted by atomic mass is 10.1. The molecule has 0 radical (unpaired) electrons. The van der Waals surface area contributed by atoms with Crippen molar-refractivity contribution in [2.24, 2.45) is 0 Å². The molecule has 0 atom stereocenters. The molecule has 0 aliphatic rings. The van der Waals surface area contributed by atoms with Gasteiger partial charge in [0.2, 0.25) is 0 Å². The van der Waals surface area contributed by atoms with Gasteiger partial charge in [-0.25, -0.2) is 4.98 Å². The van der Waals surface area contributed by atoms with Crippen molar-refractivity contribution in [3.63, 3.8) is 0 Å². The number of nitrogens with zero attached hydrogens (tertiary/aromatic N) is 1. The van der Waals surface area contributed by atoms with Crippen LogP contribution in [0.3, 0.4) is 0 Å². The van der Waals surface area contributed by atoms with Gasteiger partial charge in [0.25, 0.3) is 0 Å². The molecule has 0 saturated carbocycles. The molecule has 0 saturated heterocycles. The molecular weight excluding hydrogens is 262 g/mol. The van der Waals surface area contributed by atoms with Crippen LogP contribution in [0.2, 0.25) is 0 Å². The summed E-state index contributed by atoms with van der Waals surface area (Å²) < 4.78 is 0. The van der Waals surface area contributed by atoms with E-state index < -0.39 is 0 Å². The minimum absolute atomic E-state index is 0.904. The van der Waals surface area contributed by atoms with Crippen LogP contribution in [0, 0.1) is 0 Å². The monoisotopic (exact) mass is 279 g/mol. The van der Waals surface area contributed by atoms with Crippen LogP contribution in [0.15, 0.2) is 60.7 Å². The molecule has 0 amide bonds. The fraction of sp³-hybridized carbons (Fsp3) is 0.167. The van der Waals surface area contributed by atoms with E-state index in [1.165, 1.54) is 26.7 Å². The second-order valence-electron chi connectivity index (χ2n) is 4.77. The summed E-state index contributed by atoms with van der Waals surface area (Å²) in [4.78, 5) is 6.13. The van der Waals surface area contributed by atoms with Crippen molar-refractivity contribution in [1.29, 1.82) is 0 Å². The molecule has 2 heteroatoms. The van der Waals surface area contributed by atoms with Crippen LogP contribution in [0.1, 0.15) is 23.2 Å². The lowest BCUT2D eigenvalue weighted by Gasteiger charge is -2.02. The maximum absolute atomic E-state index is 4.82. The molecule has 0 N–H and O–H groups in total. The molecule has 0 aliphatic heterocycles. The highest BCUT2D eigenvalue weighted by atomic mass is 32.1. The van der Waals surface area contributed by atoms with Crippen molar-refractivity contribution in [2.75, 3.05) is 0 Å². The molecule has 3 aromatic rings. The molecule has 100 valence electrons. The third kappa shape index (κ3) is 2.81. The molecule has 1 nitrogen and oxygen atoms in total. The second-order valence-corrected chi connectivity index (χ2v) is 5.85. The molecule has 0 spiro atoms. The first-order valence-electron chi connectivity index (χ1n) is 6.94. The summed E-state index contributed by atoms with van der Waals surface area (Å²) in [5.74, 6) is 0. The summed E-state index contributed by atoms with van der Waals surface area (Å²) in [5, 5.41) is 1.22. The smallest absolute Gasteiger partial charge is 0.0932 e. The average Bonchev–Trinajstić information content (AvgIpc) is 2.92. The summed E-state index contributed by atoms with van der Waals surface area (Å²) >= 11 is 1.82. The Morgan fingerprint density at radius 2 is 1.55 bits per heavy atom. The number of aromatic nitrogens is 1. The van der Waals surface area contributed by atoms with E-state index in [1.807, 2.05) is 11.3 Å². The zero-order valence-electron chi connectivity index (χ0n) is 11.5. The van der Waals surface area contributed by atoms with Crippen molar-refractivity contribution in [1.82, 2.24) is 4.98 Å². The van der Waals surface area contributed by atoms with Gasteiger partial charge >= 0.3 is 0 Å². The predicted molar refractivity (Wildman–Crippen MR) is 86.2 cm³/mol. The van der Waals surface area contributed by atoms with Crippen LogP contribution >= 0.6 is 11.3 Å². The molecule has 20 heavy (non-hydrogen) atoms. The third-order valence-electron chi connectivity index (χ3n) is 3.29. The van der Waals surface area contributed by atoms with E-state index >= 15 is 0 Å². The Morgan fingerprint density at radius 3 is 2.20 bits per heavy atom. The van der Waals surface area contributed by atoms with Crippen LogP contribution in [0.25, 0.3) is 10.4 Å². The highest BCUT2D eigenvalue weighted by Gasteiger charge is 2.12. The van der Waals surface area contributed by atoms with E-state index in [1.54, 1.807) is 0 Å². The molecule has 0 bridgehead atoms. The van der Waals surface area contributed by atoms with E-state index in [0.717, 1.165) is 12.8 Å². The highest BCUT2D eigenvalue weighted by Crippen LogP contribution is 2.31. The Morgan fingerprint density at radius 1 is 0.900 bits per heavy atom. The van der Waals surface area contributed by atoms with E-state index in [2.05, 4.69) is 67.6 Å². The SMILES string of the molecule is CCc1nc(Cc2ccccc2)c(-c2ccccc2)s1. The number of rotatable bonds is 4. The van der Waals surface area contributed by atoms with Gasteiger partial charge in [-0.3, -0.25) is 0 Å². The fourth-order valence-electron chi connectivity index (χ4n) is 2.28. The van der Waals surface area contributed by atoms with Gasteiger partial charge in [0.1, 0.15) is 0 Å². The molecule has 1 heterocycles. The van der Waals surface area contributed by atoms with Crippen molar-refractivity contribution >= 4 is 11.3 Å². The van der Waals surface area contributed by atoms with Crippen LogP contribution in [-0.4, -0.2) is 4.98 Å². The quantitative estimate of drug-likeness (QED) is 0.657. The van der Waals surface area contributed by atoms with Crippen LogP contribution in [-0.2, 0) is 12.8 Å². The summed E-state index contributed by atoms with van der Waals surface area (Å²) in [6.07, 6.45) is 1.90. The van der Waals surface area contributed by atoms with Gasteiger partial charge in [0.05, 0.1) is 15.6 Å². The number of aryl methyl sites for hydroxylation is 1. The fourth-order valence-corrected chi connectivity index (χ4v) is 3.30. The molecule has 1 aromatic heterocycles. The highest BCUT2D eigenvalue weighted by molar-refractivity contribution is 7.15. The Bertz CT molecular complexity index is 671. The Balaban J connectivity index is 2.00. The average molecular weight is 279 g/mol. The maximum atomic E-state index is 4.82. The lowest BCUT2D eigenvalue weighted by Crippen LogP contribution is -1.91. The van der Waals surface area contributed by atoms with E-state index in [4.69, 9.17) is 4.98 Å². The molecule has 0 unspecified atom stereocenters. The second kappa shape index (κ2) is 6.02. The van der Waals surface area contributed by atoms with Gasteiger partial charge in [-0.1, -0.05) is 67.6 Å². The van der Waals surface area contributed by atoms with Crippen molar-refractivity contribution in [3.8, 4) is 10.4 Å². The van der Waals surface area contributed by atoms with Crippen molar-refractivity contribution < 1.29 is 0 Å². The zero-order chi connectivity index (χ0) is 13.8.